The van der Waals surface area contributed by atoms with Crippen molar-refractivity contribution >= 4 is 22.8 Å². The lowest BCUT2D eigenvalue weighted by atomic mass is 9.86. The number of aromatic amines is 1. The highest BCUT2D eigenvalue weighted by Gasteiger charge is 2.33. The minimum atomic E-state index is -1.07. The molecule has 2 aromatic heterocycles. The summed E-state index contributed by atoms with van der Waals surface area (Å²) in [4.78, 5) is 28.2. The van der Waals surface area contributed by atoms with Crippen LogP contribution in [0.2, 0.25) is 0 Å². The molecule has 0 aliphatic rings. The number of carbonyl (C=O) groups excluding carboxylic acids is 1. The van der Waals surface area contributed by atoms with Gasteiger partial charge in [0.25, 0.3) is 5.91 Å². The van der Waals surface area contributed by atoms with E-state index in [1.54, 1.807) is 26.8 Å². The Hall–Kier alpha value is -2.44. The Morgan fingerprint density at radius 1 is 1.30 bits per heavy atom. The Balaban J connectivity index is 2.45. The molecule has 0 aliphatic carbocycles. The number of nitrogens with zero attached hydrogens (tertiary/aromatic N) is 2. The number of pyridine rings is 1. The van der Waals surface area contributed by atoms with E-state index in [1.807, 2.05) is 13.8 Å². The topological polar surface area (TPSA) is 108 Å². The molecule has 0 fully saturated rings. The van der Waals surface area contributed by atoms with Crippen LogP contribution in [-0.2, 0) is 4.79 Å². The maximum Gasteiger partial charge on any atom is 0.326 e. The van der Waals surface area contributed by atoms with Crippen molar-refractivity contribution in [3.8, 4) is 0 Å². The summed E-state index contributed by atoms with van der Waals surface area (Å²) in [6, 6.07) is 0.703. The Labute approximate surface area is 134 Å². The number of H-pyrrole nitrogens is 1. The van der Waals surface area contributed by atoms with Gasteiger partial charge in [-0.05, 0) is 17.4 Å². The van der Waals surface area contributed by atoms with Crippen molar-refractivity contribution in [3.63, 3.8) is 0 Å². The van der Waals surface area contributed by atoms with Gasteiger partial charge in [0.1, 0.15) is 11.7 Å². The molecule has 23 heavy (non-hydrogen) atoms. The minimum absolute atomic E-state index is 0.133. The molecule has 3 N–H and O–H groups in total. The van der Waals surface area contributed by atoms with Gasteiger partial charge in [0.05, 0.1) is 10.9 Å². The fraction of sp³-hybridized carbons (Fsp3) is 0.500. The van der Waals surface area contributed by atoms with Crippen LogP contribution in [0.1, 0.15) is 56.7 Å². The number of aromatic nitrogens is 3. The average Bonchev–Trinajstić information content (AvgIpc) is 2.86. The van der Waals surface area contributed by atoms with Gasteiger partial charge in [0.15, 0.2) is 0 Å². The first kappa shape index (κ1) is 16.9. The SMILES string of the molecule is CC(C)c1[nH]nc2ccnc(C(=O)N[C@@H](C(=O)O)C(C)(C)C)c12. The van der Waals surface area contributed by atoms with Crippen molar-refractivity contribution in [1.82, 2.24) is 20.5 Å². The molecule has 1 atom stereocenters. The molecule has 2 rings (SSSR count). The van der Waals surface area contributed by atoms with Crippen LogP contribution in [0.25, 0.3) is 10.9 Å². The molecule has 0 radical (unpaired) electrons. The third kappa shape index (κ3) is 3.33. The summed E-state index contributed by atoms with van der Waals surface area (Å²) in [6.45, 7) is 9.25. The Morgan fingerprint density at radius 3 is 2.48 bits per heavy atom. The lowest BCUT2D eigenvalue weighted by molar-refractivity contribution is -0.142. The molecular weight excluding hydrogens is 296 g/mol. The van der Waals surface area contributed by atoms with Crippen LogP contribution in [0.3, 0.4) is 0 Å². The summed E-state index contributed by atoms with van der Waals surface area (Å²) in [5, 5.41) is 19.7. The second-order valence-electron chi connectivity index (χ2n) is 6.96. The standard InChI is InChI=1S/C16H22N4O3/c1-8(2)11-10-9(19-20-11)6-7-17-12(10)14(21)18-13(15(22)23)16(3,4)5/h6-8,13H,1-5H3,(H,18,21)(H,19,20)(H,22,23)/t13-/m0/s1. The van der Waals surface area contributed by atoms with Gasteiger partial charge in [-0.2, -0.15) is 5.10 Å². The number of rotatable bonds is 4. The van der Waals surface area contributed by atoms with Crippen LogP contribution in [0, 0.1) is 5.41 Å². The molecule has 2 heterocycles. The molecular formula is C16H22N4O3. The monoisotopic (exact) mass is 318 g/mol. The van der Waals surface area contributed by atoms with Gasteiger partial charge in [-0.15, -0.1) is 0 Å². The van der Waals surface area contributed by atoms with Crippen molar-refractivity contribution in [1.29, 1.82) is 0 Å². The summed E-state index contributed by atoms with van der Waals surface area (Å²) in [6.07, 6.45) is 1.50. The number of aliphatic carboxylic acids is 1. The second-order valence-corrected chi connectivity index (χ2v) is 6.96. The maximum atomic E-state index is 12.6. The lowest BCUT2D eigenvalue weighted by Gasteiger charge is -2.27. The third-order valence-corrected chi connectivity index (χ3v) is 3.68. The van der Waals surface area contributed by atoms with Crippen molar-refractivity contribution in [2.45, 2.75) is 46.6 Å². The molecule has 0 spiro atoms. The molecule has 124 valence electrons. The van der Waals surface area contributed by atoms with Crippen molar-refractivity contribution in [2.24, 2.45) is 5.41 Å². The average molecular weight is 318 g/mol. The summed E-state index contributed by atoms with van der Waals surface area (Å²) in [5.74, 6) is -1.45. The number of nitrogens with one attached hydrogen (secondary N) is 2. The minimum Gasteiger partial charge on any atom is -0.480 e. The molecule has 0 aliphatic heterocycles. The number of fused-ring (bicyclic) bond motifs is 1. The first-order valence-corrected chi connectivity index (χ1v) is 7.49. The van der Waals surface area contributed by atoms with Crippen LogP contribution in [0.4, 0.5) is 0 Å². The highest BCUT2D eigenvalue weighted by Crippen LogP contribution is 2.26. The van der Waals surface area contributed by atoms with E-state index in [2.05, 4.69) is 20.5 Å². The van der Waals surface area contributed by atoms with E-state index >= 15 is 0 Å². The Kier molecular flexibility index (Phi) is 4.40. The predicted molar refractivity (Wildman–Crippen MR) is 86.3 cm³/mol. The van der Waals surface area contributed by atoms with E-state index in [4.69, 9.17) is 0 Å². The van der Waals surface area contributed by atoms with E-state index in [9.17, 15) is 14.7 Å². The fourth-order valence-electron chi connectivity index (χ4n) is 2.42. The molecule has 0 aromatic carbocycles. The summed E-state index contributed by atoms with van der Waals surface area (Å²) < 4.78 is 0. The molecule has 0 unspecified atom stereocenters. The molecule has 0 saturated heterocycles. The van der Waals surface area contributed by atoms with Crippen molar-refractivity contribution < 1.29 is 14.7 Å². The predicted octanol–water partition coefficient (Wildman–Crippen LogP) is 2.31. The van der Waals surface area contributed by atoms with Crippen LogP contribution in [-0.4, -0.2) is 38.2 Å². The summed E-state index contributed by atoms with van der Waals surface area (Å²) >= 11 is 0. The Bertz CT molecular complexity index is 743. The smallest absolute Gasteiger partial charge is 0.326 e. The van der Waals surface area contributed by atoms with Crippen LogP contribution in [0.5, 0.6) is 0 Å². The lowest BCUT2D eigenvalue weighted by Crippen LogP contribution is -2.49. The van der Waals surface area contributed by atoms with Gasteiger partial charge in [-0.3, -0.25) is 14.9 Å². The number of hydrogen-bond acceptors (Lipinski definition) is 4. The molecule has 1 amide bonds. The molecule has 2 aromatic rings. The van der Waals surface area contributed by atoms with Gasteiger partial charge >= 0.3 is 5.97 Å². The molecule has 0 saturated carbocycles. The largest absolute Gasteiger partial charge is 0.480 e. The molecule has 7 heteroatoms. The van der Waals surface area contributed by atoms with E-state index in [0.29, 0.717) is 10.9 Å². The number of amides is 1. The Morgan fingerprint density at radius 2 is 1.96 bits per heavy atom. The van der Waals surface area contributed by atoms with Crippen molar-refractivity contribution in [2.75, 3.05) is 0 Å². The highest BCUT2D eigenvalue weighted by atomic mass is 16.4. The fourth-order valence-corrected chi connectivity index (χ4v) is 2.42. The number of carbonyl (C=O) groups is 2. The van der Waals surface area contributed by atoms with Crippen LogP contribution >= 0.6 is 0 Å². The van der Waals surface area contributed by atoms with Gasteiger partial charge in [-0.25, -0.2) is 4.79 Å². The number of hydrogen-bond donors (Lipinski definition) is 3. The van der Waals surface area contributed by atoms with Crippen LogP contribution < -0.4 is 5.32 Å². The highest BCUT2D eigenvalue weighted by molar-refractivity contribution is 6.06. The van der Waals surface area contributed by atoms with E-state index in [-0.39, 0.29) is 11.6 Å². The first-order valence-electron chi connectivity index (χ1n) is 7.49. The van der Waals surface area contributed by atoms with Gasteiger partial charge in [0.2, 0.25) is 0 Å². The van der Waals surface area contributed by atoms with Gasteiger partial charge in [-0.1, -0.05) is 34.6 Å². The van der Waals surface area contributed by atoms with Gasteiger partial charge < -0.3 is 10.4 Å². The van der Waals surface area contributed by atoms with E-state index < -0.39 is 23.3 Å². The second kappa shape index (κ2) is 5.98. The molecule has 7 nitrogen and oxygen atoms in total. The zero-order valence-corrected chi connectivity index (χ0v) is 14.0. The van der Waals surface area contributed by atoms with E-state index in [0.717, 1.165) is 5.69 Å². The summed E-state index contributed by atoms with van der Waals surface area (Å²) in [5.41, 5.74) is 1.01. The zero-order chi connectivity index (χ0) is 17.4. The van der Waals surface area contributed by atoms with Crippen molar-refractivity contribution in [3.05, 3.63) is 23.7 Å². The zero-order valence-electron chi connectivity index (χ0n) is 14.0. The number of carboxylic acid groups (broad SMARTS) is 1. The van der Waals surface area contributed by atoms with Crippen LogP contribution in [0.15, 0.2) is 12.3 Å². The maximum absolute atomic E-state index is 12.6. The normalized spacial score (nSPS) is 13.3. The first-order chi connectivity index (χ1) is 10.6. The number of carboxylic acids is 1. The van der Waals surface area contributed by atoms with Gasteiger partial charge in [0, 0.05) is 11.9 Å². The summed E-state index contributed by atoms with van der Waals surface area (Å²) in [7, 11) is 0. The van der Waals surface area contributed by atoms with E-state index in [1.165, 1.54) is 6.20 Å². The third-order valence-electron chi connectivity index (χ3n) is 3.68. The quantitative estimate of drug-likeness (QED) is 0.801. The molecule has 0 bridgehead atoms.